The zero-order valence-electron chi connectivity index (χ0n) is 11.7. The van der Waals surface area contributed by atoms with Gasteiger partial charge in [-0.3, -0.25) is 5.32 Å². The van der Waals surface area contributed by atoms with Crippen LogP contribution in [0, 0.1) is 18.3 Å². The molecular weight excluding hydrogens is 312 g/mol. The van der Waals surface area contributed by atoms with E-state index in [-0.39, 0.29) is 11.5 Å². The lowest BCUT2D eigenvalue weighted by Crippen LogP contribution is -2.51. The van der Waals surface area contributed by atoms with Crippen molar-refractivity contribution < 1.29 is 17.9 Å². The standard InChI is InChI=1S/C13H16N2O4S2/c1-10-3-5-11(6-4-10)21(17,18)13(2,9-14)15-12(16)19-7-8-20/h3-6,20H,7-8H2,1-2H3,(H,15,16). The van der Waals surface area contributed by atoms with Crippen LogP contribution in [0.25, 0.3) is 0 Å². The number of nitrogens with zero attached hydrogens (tertiary/aromatic N) is 1. The summed E-state index contributed by atoms with van der Waals surface area (Å²) in [6.07, 6.45) is -0.983. The van der Waals surface area contributed by atoms with Gasteiger partial charge in [-0.1, -0.05) is 17.7 Å². The molecule has 1 atom stereocenters. The molecule has 0 radical (unpaired) electrons. The summed E-state index contributed by atoms with van der Waals surface area (Å²) < 4.78 is 29.7. The summed E-state index contributed by atoms with van der Waals surface area (Å²) in [4.78, 5) is 9.36. The monoisotopic (exact) mass is 328 g/mol. The van der Waals surface area contributed by atoms with E-state index in [0.29, 0.717) is 5.75 Å². The van der Waals surface area contributed by atoms with Crippen molar-refractivity contribution in [3.63, 3.8) is 0 Å². The van der Waals surface area contributed by atoms with Gasteiger partial charge in [-0.15, -0.1) is 0 Å². The molecule has 0 heterocycles. The minimum Gasteiger partial charge on any atom is -0.449 e. The maximum absolute atomic E-state index is 12.5. The highest BCUT2D eigenvalue weighted by Gasteiger charge is 2.42. The number of sulfone groups is 1. The quantitative estimate of drug-likeness (QED) is 0.801. The van der Waals surface area contributed by atoms with Gasteiger partial charge in [0.15, 0.2) is 0 Å². The van der Waals surface area contributed by atoms with Gasteiger partial charge in [0.1, 0.15) is 12.7 Å². The Kier molecular flexibility index (Phi) is 5.63. The number of alkyl carbamates (subject to hydrolysis) is 1. The molecular formula is C13H16N2O4S2. The number of nitriles is 1. The first-order chi connectivity index (χ1) is 9.76. The normalized spacial score (nSPS) is 13.8. The van der Waals surface area contributed by atoms with E-state index in [2.05, 4.69) is 17.9 Å². The van der Waals surface area contributed by atoms with Crippen LogP contribution in [0.1, 0.15) is 12.5 Å². The van der Waals surface area contributed by atoms with Gasteiger partial charge in [0.2, 0.25) is 14.7 Å². The van der Waals surface area contributed by atoms with Gasteiger partial charge in [0.25, 0.3) is 0 Å². The summed E-state index contributed by atoms with van der Waals surface area (Å²) in [5.41, 5.74) is 0.883. The number of aryl methyl sites for hydroxylation is 1. The van der Waals surface area contributed by atoms with E-state index in [1.165, 1.54) is 12.1 Å². The molecule has 1 aromatic carbocycles. The van der Waals surface area contributed by atoms with Crippen LogP contribution in [0.15, 0.2) is 29.2 Å². The van der Waals surface area contributed by atoms with Gasteiger partial charge in [-0.25, -0.2) is 13.2 Å². The fraction of sp³-hybridized carbons (Fsp3) is 0.385. The molecule has 0 aliphatic rings. The molecule has 6 nitrogen and oxygen atoms in total. The van der Waals surface area contributed by atoms with Crippen molar-refractivity contribution >= 4 is 28.6 Å². The smallest absolute Gasteiger partial charge is 0.409 e. The second kappa shape index (κ2) is 6.83. The van der Waals surface area contributed by atoms with Gasteiger partial charge >= 0.3 is 6.09 Å². The van der Waals surface area contributed by atoms with Crippen molar-refractivity contribution in [3.8, 4) is 6.07 Å². The SMILES string of the molecule is Cc1ccc(S(=O)(=O)C(C)(C#N)NC(=O)OCCS)cc1. The third-order valence-electron chi connectivity index (χ3n) is 2.75. The van der Waals surface area contributed by atoms with Gasteiger partial charge in [0.05, 0.1) is 4.90 Å². The van der Waals surface area contributed by atoms with E-state index in [9.17, 15) is 18.5 Å². The fourth-order valence-corrected chi connectivity index (χ4v) is 2.87. The van der Waals surface area contributed by atoms with Gasteiger partial charge < -0.3 is 4.74 Å². The molecule has 1 N–H and O–H groups in total. The molecule has 1 rings (SSSR count). The lowest BCUT2D eigenvalue weighted by atomic mass is 10.2. The third kappa shape index (κ3) is 3.89. The zero-order chi connectivity index (χ0) is 16.1. The van der Waals surface area contributed by atoms with Crippen LogP contribution in [0.2, 0.25) is 0 Å². The first-order valence-electron chi connectivity index (χ1n) is 6.05. The van der Waals surface area contributed by atoms with E-state index in [1.807, 2.05) is 6.92 Å². The number of benzene rings is 1. The first-order valence-corrected chi connectivity index (χ1v) is 8.17. The van der Waals surface area contributed by atoms with E-state index < -0.39 is 20.8 Å². The molecule has 1 aromatic rings. The highest BCUT2D eigenvalue weighted by atomic mass is 32.2. The number of carbonyl (C=O) groups excluding carboxylic acids is 1. The van der Waals surface area contributed by atoms with Crippen molar-refractivity contribution in [2.45, 2.75) is 23.6 Å². The zero-order valence-corrected chi connectivity index (χ0v) is 13.4. The van der Waals surface area contributed by atoms with Crippen molar-refractivity contribution in [1.82, 2.24) is 5.32 Å². The maximum atomic E-state index is 12.5. The summed E-state index contributed by atoms with van der Waals surface area (Å²) in [5, 5.41) is 11.3. The second-order valence-electron chi connectivity index (χ2n) is 4.45. The lowest BCUT2D eigenvalue weighted by molar-refractivity contribution is 0.150. The summed E-state index contributed by atoms with van der Waals surface area (Å²) in [7, 11) is -4.08. The minimum absolute atomic E-state index is 0.0149. The summed E-state index contributed by atoms with van der Waals surface area (Å²) in [5.74, 6) is 0.293. The first kappa shape index (κ1) is 17.3. The molecule has 0 aliphatic carbocycles. The van der Waals surface area contributed by atoms with Crippen LogP contribution in [-0.2, 0) is 14.6 Å². The van der Waals surface area contributed by atoms with Crippen LogP contribution in [-0.4, -0.2) is 31.7 Å². The van der Waals surface area contributed by atoms with Crippen LogP contribution < -0.4 is 5.32 Å². The Hall–Kier alpha value is -1.72. The Morgan fingerprint density at radius 2 is 2.00 bits per heavy atom. The number of carbonyl (C=O) groups is 1. The Morgan fingerprint density at radius 3 is 2.48 bits per heavy atom. The third-order valence-corrected chi connectivity index (χ3v) is 5.09. The number of hydrogen-bond donors (Lipinski definition) is 2. The Morgan fingerprint density at radius 1 is 1.43 bits per heavy atom. The van der Waals surface area contributed by atoms with E-state index in [4.69, 9.17) is 4.74 Å². The molecule has 0 bridgehead atoms. The molecule has 0 aliphatic heterocycles. The Balaban J connectivity index is 3.09. The number of thiol groups is 1. The molecule has 0 saturated carbocycles. The number of nitrogens with one attached hydrogen (secondary N) is 1. The molecule has 114 valence electrons. The van der Waals surface area contributed by atoms with E-state index in [1.54, 1.807) is 18.2 Å². The van der Waals surface area contributed by atoms with Crippen LogP contribution in [0.4, 0.5) is 4.79 Å². The van der Waals surface area contributed by atoms with Gasteiger partial charge in [-0.05, 0) is 26.0 Å². The minimum atomic E-state index is -4.08. The average Bonchev–Trinajstić information content (AvgIpc) is 2.45. The van der Waals surface area contributed by atoms with Crippen molar-refractivity contribution in [2.75, 3.05) is 12.4 Å². The van der Waals surface area contributed by atoms with Crippen LogP contribution >= 0.6 is 12.6 Å². The summed E-state index contributed by atoms with van der Waals surface area (Å²) >= 11 is 3.87. The van der Waals surface area contributed by atoms with Gasteiger partial charge in [-0.2, -0.15) is 17.9 Å². The largest absolute Gasteiger partial charge is 0.449 e. The van der Waals surface area contributed by atoms with Gasteiger partial charge in [0, 0.05) is 5.75 Å². The van der Waals surface area contributed by atoms with E-state index >= 15 is 0 Å². The second-order valence-corrected chi connectivity index (χ2v) is 7.19. The van der Waals surface area contributed by atoms with Crippen LogP contribution in [0.3, 0.4) is 0 Å². The Labute approximate surface area is 129 Å². The molecule has 21 heavy (non-hydrogen) atoms. The molecule has 1 unspecified atom stereocenters. The lowest BCUT2D eigenvalue weighted by Gasteiger charge is -2.23. The molecule has 0 spiro atoms. The molecule has 1 amide bonds. The summed E-state index contributed by atoms with van der Waals surface area (Å²) in [6.45, 7) is 2.94. The number of hydrogen-bond acceptors (Lipinski definition) is 6. The molecule has 0 aromatic heterocycles. The average molecular weight is 328 g/mol. The van der Waals surface area contributed by atoms with Crippen molar-refractivity contribution in [1.29, 1.82) is 5.26 Å². The highest BCUT2D eigenvalue weighted by molar-refractivity contribution is 7.93. The van der Waals surface area contributed by atoms with Crippen LogP contribution in [0.5, 0.6) is 0 Å². The van der Waals surface area contributed by atoms with Crippen molar-refractivity contribution in [2.24, 2.45) is 0 Å². The highest BCUT2D eigenvalue weighted by Crippen LogP contribution is 2.23. The van der Waals surface area contributed by atoms with Crippen molar-refractivity contribution in [3.05, 3.63) is 29.8 Å². The Bertz CT molecular complexity index is 650. The molecule has 0 saturated heterocycles. The molecule has 0 fully saturated rings. The fourth-order valence-electron chi connectivity index (χ4n) is 1.48. The number of rotatable bonds is 5. The summed E-state index contributed by atoms with van der Waals surface area (Å²) in [6, 6.07) is 7.63. The predicted molar refractivity (Wildman–Crippen MR) is 80.7 cm³/mol. The molecule has 8 heteroatoms. The number of ether oxygens (including phenoxy) is 1. The maximum Gasteiger partial charge on any atom is 0.409 e. The van der Waals surface area contributed by atoms with E-state index in [0.717, 1.165) is 12.5 Å². The number of amides is 1. The predicted octanol–water partition coefficient (Wildman–Crippen LogP) is 1.66. The topological polar surface area (TPSA) is 96.3 Å².